The summed E-state index contributed by atoms with van der Waals surface area (Å²) in [4.78, 5) is 12.4. The number of aliphatic hydroxyl groups excluding tert-OH is 1. The second kappa shape index (κ2) is 9.03. The van der Waals surface area contributed by atoms with Gasteiger partial charge in [0, 0.05) is 5.56 Å². The number of ketones is 1. The van der Waals surface area contributed by atoms with Crippen molar-refractivity contribution in [3.8, 4) is 17.2 Å². The summed E-state index contributed by atoms with van der Waals surface area (Å²) in [7, 11) is -4.83. The van der Waals surface area contributed by atoms with Crippen molar-refractivity contribution < 1.29 is 67.0 Å². The van der Waals surface area contributed by atoms with E-state index in [0.717, 1.165) is 6.07 Å². The van der Waals surface area contributed by atoms with Crippen LogP contribution in [0.5, 0.6) is 17.2 Å². The number of aliphatic hydroxyl groups is 1. The number of aromatic hydroxyl groups is 1. The Morgan fingerprint density at radius 3 is 2.59 bits per heavy atom. The average molecular weight is 430 g/mol. The molecule has 150 valence electrons. The number of fused-ring (bicyclic) bond motifs is 1. The van der Waals surface area contributed by atoms with Crippen LogP contribution in [0.3, 0.4) is 0 Å². The zero-order chi connectivity index (χ0) is 20.6. The van der Waals surface area contributed by atoms with E-state index in [4.69, 9.17) is 9.47 Å². The van der Waals surface area contributed by atoms with Gasteiger partial charge in [-0.3, -0.25) is 4.79 Å². The van der Waals surface area contributed by atoms with Gasteiger partial charge in [-0.1, -0.05) is 6.07 Å². The maximum absolute atomic E-state index is 13.0. The Balaban J connectivity index is 0.00000300. The van der Waals surface area contributed by atoms with E-state index in [0.29, 0.717) is 5.56 Å². The van der Waals surface area contributed by atoms with Crippen LogP contribution in [-0.2, 0) is 16.7 Å². The van der Waals surface area contributed by atoms with E-state index in [1.807, 2.05) is 0 Å². The SMILES string of the molecule is CCOc1ccc(C2COc3cc(C)c(CO)c(O)c3C2=O)cc1S(=O)(=O)[O-].[Na+]. The molecule has 0 fully saturated rings. The van der Waals surface area contributed by atoms with Gasteiger partial charge in [0.15, 0.2) is 5.78 Å². The number of aryl methyl sites for hydroxylation is 1. The van der Waals surface area contributed by atoms with Gasteiger partial charge in [-0.05, 0) is 43.2 Å². The Morgan fingerprint density at radius 2 is 2.00 bits per heavy atom. The van der Waals surface area contributed by atoms with Gasteiger partial charge in [-0.15, -0.1) is 0 Å². The first-order valence-corrected chi connectivity index (χ1v) is 9.95. The zero-order valence-electron chi connectivity index (χ0n) is 16.3. The van der Waals surface area contributed by atoms with Crippen molar-refractivity contribution in [2.24, 2.45) is 0 Å². The molecule has 2 aromatic carbocycles. The van der Waals surface area contributed by atoms with Gasteiger partial charge in [0.25, 0.3) is 0 Å². The topological polar surface area (TPSA) is 133 Å². The van der Waals surface area contributed by atoms with Crippen LogP contribution in [0.25, 0.3) is 0 Å². The molecule has 0 amide bonds. The number of ether oxygens (including phenoxy) is 2. The number of carbonyl (C=O) groups is 1. The van der Waals surface area contributed by atoms with Crippen molar-refractivity contribution in [2.45, 2.75) is 31.3 Å². The fraction of sp³-hybridized carbons (Fsp3) is 0.316. The van der Waals surface area contributed by atoms with E-state index >= 15 is 0 Å². The molecule has 2 N–H and O–H groups in total. The molecule has 2 aromatic rings. The number of phenols is 1. The molecular formula is C19H19NaO8S. The van der Waals surface area contributed by atoms with Crippen molar-refractivity contribution in [1.82, 2.24) is 0 Å². The minimum absolute atomic E-state index is 0. The molecule has 1 unspecified atom stereocenters. The quantitative estimate of drug-likeness (QED) is 0.449. The first kappa shape index (κ1) is 23.7. The van der Waals surface area contributed by atoms with E-state index in [9.17, 15) is 28.0 Å². The summed E-state index contributed by atoms with van der Waals surface area (Å²) in [5.41, 5.74) is 0.960. The smallest absolute Gasteiger partial charge is 0.744 e. The first-order chi connectivity index (χ1) is 13.2. The Labute approximate surface area is 190 Å². The molecule has 0 aliphatic carbocycles. The molecule has 1 aliphatic heterocycles. The Kier molecular flexibility index (Phi) is 7.37. The fourth-order valence-electron chi connectivity index (χ4n) is 3.24. The molecule has 8 nitrogen and oxygen atoms in total. The van der Waals surface area contributed by atoms with E-state index in [1.54, 1.807) is 19.9 Å². The normalized spacial score (nSPS) is 15.9. The molecule has 0 saturated heterocycles. The Bertz CT molecular complexity index is 1050. The van der Waals surface area contributed by atoms with Crippen molar-refractivity contribution in [1.29, 1.82) is 0 Å². The fourth-order valence-corrected chi connectivity index (χ4v) is 3.90. The minimum Gasteiger partial charge on any atom is -0.744 e. The van der Waals surface area contributed by atoms with E-state index in [1.165, 1.54) is 12.1 Å². The van der Waals surface area contributed by atoms with Gasteiger partial charge in [-0.25, -0.2) is 8.42 Å². The summed E-state index contributed by atoms with van der Waals surface area (Å²) in [6.07, 6.45) is 0. The van der Waals surface area contributed by atoms with Gasteiger partial charge in [0.1, 0.15) is 39.5 Å². The number of carbonyl (C=O) groups excluding carboxylic acids is 1. The molecule has 1 heterocycles. The predicted molar refractivity (Wildman–Crippen MR) is 96.9 cm³/mol. The first-order valence-electron chi connectivity index (χ1n) is 8.55. The molecule has 0 saturated carbocycles. The molecule has 0 radical (unpaired) electrons. The minimum atomic E-state index is -4.83. The van der Waals surface area contributed by atoms with E-state index in [2.05, 4.69) is 0 Å². The van der Waals surface area contributed by atoms with Crippen LogP contribution < -0.4 is 39.0 Å². The van der Waals surface area contributed by atoms with Crippen LogP contribution in [0, 0.1) is 6.92 Å². The molecular weight excluding hydrogens is 411 g/mol. The van der Waals surface area contributed by atoms with Crippen LogP contribution in [0.15, 0.2) is 29.2 Å². The van der Waals surface area contributed by atoms with Gasteiger partial charge in [0.05, 0.1) is 24.0 Å². The monoisotopic (exact) mass is 430 g/mol. The standard InChI is InChI=1S/C19H20O8S.Na/c1-3-26-14-5-4-11(7-16(14)28(23,24)25)13-9-27-15-6-10(2)12(8-20)18(21)17(15)19(13)22;/h4-7,13,20-21H,3,8-9H2,1-2H3,(H,23,24,25);/q;+1/p-1. The molecule has 0 bridgehead atoms. The van der Waals surface area contributed by atoms with Crippen LogP contribution in [0.4, 0.5) is 0 Å². The molecule has 3 rings (SSSR count). The maximum atomic E-state index is 13.0. The number of Topliss-reactive ketones (excluding diaryl/α,β-unsaturated/α-hetero) is 1. The van der Waals surface area contributed by atoms with Crippen molar-refractivity contribution in [2.75, 3.05) is 13.2 Å². The van der Waals surface area contributed by atoms with Gasteiger partial charge in [-0.2, -0.15) is 0 Å². The molecule has 1 aliphatic rings. The summed E-state index contributed by atoms with van der Waals surface area (Å²) < 4.78 is 45.6. The van der Waals surface area contributed by atoms with Gasteiger partial charge >= 0.3 is 29.6 Å². The molecule has 1 atom stereocenters. The number of rotatable bonds is 5. The van der Waals surface area contributed by atoms with Gasteiger partial charge < -0.3 is 24.2 Å². The number of hydrogen-bond donors (Lipinski definition) is 2. The summed E-state index contributed by atoms with van der Waals surface area (Å²) in [5, 5.41) is 19.9. The predicted octanol–water partition coefficient (Wildman–Crippen LogP) is -1.14. The second-order valence-corrected chi connectivity index (χ2v) is 7.72. The number of benzene rings is 2. The third-order valence-corrected chi connectivity index (χ3v) is 5.52. The average Bonchev–Trinajstić information content (AvgIpc) is 2.62. The summed E-state index contributed by atoms with van der Waals surface area (Å²) in [6, 6.07) is 5.46. The van der Waals surface area contributed by atoms with Crippen molar-refractivity contribution >= 4 is 15.9 Å². The van der Waals surface area contributed by atoms with Crippen LogP contribution in [-0.4, -0.2) is 42.2 Å². The Hall–Kier alpha value is -1.62. The van der Waals surface area contributed by atoms with Crippen LogP contribution in [0.1, 0.15) is 39.9 Å². The number of hydrogen-bond acceptors (Lipinski definition) is 8. The maximum Gasteiger partial charge on any atom is 1.00 e. The van der Waals surface area contributed by atoms with Crippen molar-refractivity contribution in [3.63, 3.8) is 0 Å². The summed E-state index contributed by atoms with van der Waals surface area (Å²) in [6.45, 7) is 2.94. The summed E-state index contributed by atoms with van der Waals surface area (Å²) >= 11 is 0. The van der Waals surface area contributed by atoms with Crippen LogP contribution >= 0.6 is 0 Å². The third kappa shape index (κ3) is 4.45. The van der Waals surface area contributed by atoms with Crippen LogP contribution in [0.2, 0.25) is 0 Å². The molecule has 0 aromatic heterocycles. The Morgan fingerprint density at radius 1 is 1.31 bits per heavy atom. The molecule has 10 heteroatoms. The molecule has 29 heavy (non-hydrogen) atoms. The van der Waals surface area contributed by atoms with E-state index in [-0.39, 0.29) is 76.7 Å². The largest absolute Gasteiger partial charge is 1.00 e. The zero-order valence-corrected chi connectivity index (χ0v) is 19.1. The third-order valence-electron chi connectivity index (χ3n) is 4.66. The summed E-state index contributed by atoms with van der Waals surface area (Å²) in [5.74, 6) is -1.69. The van der Waals surface area contributed by atoms with E-state index < -0.39 is 33.3 Å². The molecule has 0 spiro atoms. The second-order valence-electron chi connectivity index (χ2n) is 6.37. The van der Waals surface area contributed by atoms with Crippen molar-refractivity contribution in [3.05, 3.63) is 46.5 Å². The van der Waals surface area contributed by atoms with Gasteiger partial charge in [0.2, 0.25) is 0 Å².